The quantitative estimate of drug-likeness (QED) is 0.678. The number of hydrogen-bond donors (Lipinski definition) is 0. The number of hydrogen-bond acceptors (Lipinski definition) is 2. The number of halogens is 2. The lowest BCUT2D eigenvalue weighted by atomic mass is 10.1. The first-order valence-electron chi connectivity index (χ1n) is 6.79. The second-order valence-electron chi connectivity index (χ2n) is 5.60. The van der Waals surface area contributed by atoms with Crippen LogP contribution in [-0.4, -0.2) is 25.3 Å². The van der Waals surface area contributed by atoms with Gasteiger partial charge in [0.05, 0.1) is 4.90 Å². The number of benzene rings is 1. The van der Waals surface area contributed by atoms with Crippen LogP contribution in [0.5, 0.6) is 0 Å². The van der Waals surface area contributed by atoms with Gasteiger partial charge in [0.1, 0.15) is 0 Å². The maximum Gasteiger partial charge on any atom is 0.244 e. The summed E-state index contributed by atoms with van der Waals surface area (Å²) in [6.07, 6.45) is 2.84. The monoisotopic (exact) mass is 423 g/mol. The molecule has 1 fully saturated rings. The van der Waals surface area contributed by atoms with Gasteiger partial charge in [0.15, 0.2) is 0 Å². The van der Waals surface area contributed by atoms with Crippen molar-refractivity contribution in [2.75, 3.05) is 6.54 Å². The van der Waals surface area contributed by atoms with Gasteiger partial charge in [0.2, 0.25) is 10.0 Å². The fourth-order valence-electron chi connectivity index (χ4n) is 2.05. The van der Waals surface area contributed by atoms with Crippen LogP contribution >= 0.6 is 31.9 Å². The molecule has 1 aromatic rings. The Morgan fingerprint density at radius 1 is 1.30 bits per heavy atom. The molecular formula is C14H19Br2NO2S. The maximum atomic E-state index is 12.9. The molecule has 1 aromatic carbocycles. The third kappa shape index (κ3) is 3.84. The molecule has 3 nitrogen and oxygen atoms in total. The standard InChI is InChI=1S/C14H19Br2NO2S/c1-10(2)7-8-17(12-4-5-12)20(18,19)14-9-11(15)3-6-13(14)16/h3,6,9-10,12H,4-5,7-8H2,1-2H3. The summed E-state index contributed by atoms with van der Waals surface area (Å²) in [5, 5.41) is 0. The lowest BCUT2D eigenvalue weighted by molar-refractivity contribution is 0.373. The molecule has 0 saturated heterocycles. The Bertz CT molecular complexity index is 583. The SMILES string of the molecule is CC(C)CCN(C1CC1)S(=O)(=O)c1cc(Br)ccc1Br. The van der Waals surface area contributed by atoms with Crippen molar-refractivity contribution in [2.45, 2.75) is 44.0 Å². The molecule has 0 amide bonds. The van der Waals surface area contributed by atoms with Crippen LogP contribution in [-0.2, 0) is 10.0 Å². The van der Waals surface area contributed by atoms with Gasteiger partial charge in [-0.2, -0.15) is 4.31 Å². The van der Waals surface area contributed by atoms with Crippen LogP contribution in [0.15, 0.2) is 32.0 Å². The van der Waals surface area contributed by atoms with E-state index < -0.39 is 10.0 Å². The fourth-order valence-corrected chi connectivity index (χ4v) is 5.21. The molecule has 0 bridgehead atoms. The van der Waals surface area contributed by atoms with Gasteiger partial charge in [0.25, 0.3) is 0 Å². The molecule has 0 aliphatic heterocycles. The summed E-state index contributed by atoms with van der Waals surface area (Å²) in [6, 6.07) is 5.46. The summed E-state index contributed by atoms with van der Waals surface area (Å²) < 4.78 is 28.8. The highest BCUT2D eigenvalue weighted by atomic mass is 79.9. The van der Waals surface area contributed by atoms with Crippen molar-refractivity contribution in [3.8, 4) is 0 Å². The van der Waals surface area contributed by atoms with Gasteiger partial charge < -0.3 is 0 Å². The molecular weight excluding hydrogens is 406 g/mol. The molecule has 6 heteroatoms. The third-order valence-electron chi connectivity index (χ3n) is 3.36. The Labute approximate surface area is 138 Å². The highest BCUT2D eigenvalue weighted by Crippen LogP contribution is 2.35. The van der Waals surface area contributed by atoms with E-state index in [2.05, 4.69) is 45.7 Å². The van der Waals surface area contributed by atoms with Crippen LogP contribution in [0.3, 0.4) is 0 Å². The van der Waals surface area contributed by atoms with Crippen LogP contribution in [0.1, 0.15) is 33.1 Å². The van der Waals surface area contributed by atoms with Crippen LogP contribution in [0, 0.1) is 5.92 Å². The molecule has 2 rings (SSSR count). The topological polar surface area (TPSA) is 37.4 Å². The minimum Gasteiger partial charge on any atom is -0.207 e. The highest BCUT2D eigenvalue weighted by molar-refractivity contribution is 9.11. The van der Waals surface area contributed by atoms with Crippen molar-refractivity contribution < 1.29 is 8.42 Å². The molecule has 0 unspecified atom stereocenters. The van der Waals surface area contributed by atoms with Crippen molar-refractivity contribution in [1.29, 1.82) is 0 Å². The second kappa shape index (κ2) is 6.46. The van der Waals surface area contributed by atoms with Crippen molar-refractivity contribution in [1.82, 2.24) is 4.31 Å². The van der Waals surface area contributed by atoms with Gasteiger partial charge in [-0.15, -0.1) is 0 Å². The molecule has 0 radical (unpaired) electrons. The smallest absolute Gasteiger partial charge is 0.207 e. The summed E-state index contributed by atoms with van der Waals surface area (Å²) in [4.78, 5) is 0.350. The van der Waals surface area contributed by atoms with E-state index in [-0.39, 0.29) is 6.04 Å². The van der Waals surface area contributed by atoms with E-state index >= 15 is 0 Å². The van der Waals surface area contributed by atoms with Gasteiger partial charge >= 0.3 is 0 Å². The molecule has 0 atom stereocenters. The van der Waals surface area contributed by atoms with E-state index in [1.807, 2.05) is 6.07 Å². The average molecular weight is 425 g/mol. The molecule has 0 heterocycles. The Balaban J connectivity index is 2.32. The Hall–Kier alpha value is 0.0900. The van der Waals surface area contributed by atoms with Gasteiger partial charge in [-0.3, -0.25) is 0 Å². The molecule has 1 aliphatic carbocycles. The minimum atomic E-state index is -3.43. The molecule has 20 heavy (non-hydrogen) atoms. The largest absolute Gasteiger partial charge is 0.244 e. The van der Waals surface area contributed by atoms with Crippen LogP contribution in [0.2, 0.25) is 0 Å². The molecule has 0 N–H and O–H groups in total. The van der Waals surface area contributed by atoms with Gasteiger partial charge in [-0.1, -0.05) is 29.8 Å². The van der Waals surface area contributed by atoms with Crippen molar-refractivity contribution in [3.63, 3.8) is 0 Å². The third-order valence-corrected chi connectivity index (χ3v) is 6.80. The normalized spacial score (nSPS) is 16.1. The van der Waals surface area contributed by atoms with E-state index in [9.17, 15) is 8.42 Å². The van der Waals surface area contributed by atoms with Crippen molar-refractivity contribution in [3.05, 3.63) is 27.1 Å². The maximum absolute atomic E-state index is 12.9. The van der Waals surface area contributed by atoms with Crippen LogP contribution in [0.25, 0.3) is 0 Å². The van der Waals surface area contributed by atoms with Crippen LogP contribution < -0.4 is 0 Å². The van der Waals surface area contributed by atoms with Gasteiger partial charge in [0, 0.05) is 21.5 Å². The summed E-state index contributed by atoms with van der Waals surface area (Å²) in [5.41, 5.74) is 0. The van der Waals surface area contributed by atoms with E-state index in [0.29, 0.717) is 21.8 Å². The first kappa shape index (κ1) is 16.5. The van der Waals surface area contributed by atoms with E-state index in [1.54, 1.807) is 16.4 Å². The number of sulfonamides is 1. The zero-order valence-corrected chi connectivity index (χ0v) is 15.6. The fraction of sp³-hybridized carbons (Fsp3) is 0.571. The lowest BCUT2D eigenvalue weighted by Gasteiger charge is -2.23. The summed E-state index contributed by atoms with van der Waals surface area (Å²) in [7, 11) is -3.43. The number of rotatable bonds is 6. The molecule has 0 spiro atoms. The Morgan fingerprint density at radius 3 is 2.50 bits per heavy atom. The Kier molecular flexibility index (Phi) is 5.32. The van der Waals surface area contributed by atoms with Gasteiger partial charge in [-0.25, -0.2) is 8.42 Å². The molecule has 1 aliphatic rings. The first-order chi connectivity index (χ1) is 9.32. The number of nitrogens with zero attached hydrogens (tertiary/aromatic N) is 1. The van der Waals surface area contributed by atoms with E-state index in [1.165, 1.54) is 0 Å². The zero-order valence-electron chi connectivity index (χ0n) is 11.6. The Morgan fingerprint density at radius 2 is 1.95 bits per heavy atom. The van der Waals surface area contributed by atoms with Crippen molar-refractivity contribution in [2.24, 2.45) is 5.92 Å². The summed E-state index contributed by atoms with van der Waals surface area (Å²) >= 11 is 6.71. The molecule has 0 aromatic heterocycles. The second-order valence-corrected chi connectivity index (χ2v) is 9.23. The predicted octanol–water partition coefficient (Wildman–Crippen LogP) is 4.41. The molecule has 1 saturated carbocycles. The summed E-state index contributed by atoms with van der Waals surface area (Å²) in [5.74, 6) is 0.498. The summed E-state index contributed by atoms with van der Waals surface area (Å²) in [6.45, 7) is 4.84. The zero-order chi connectivity index (χ0) is 14.9. The van der Waals surface area contributed by atoms with Crippen LogP contribution in [0.4, 0.5) is 0 Å². The van der Waals surface area contributed by atoms with Crippen molar-refractivity contribution >= 4 is 41.9 Å². The lowest BCUT2D eigenvalue weighted by Crippen LogP contribution is -2.34. The van der Waals surface area contributed by atoms with Gasteiger partial charge in [-0.05, 0) is 59.3 Å². The average Bonchev–Trinajstić information content (AvgIpc) is 3.16. The predicted molar refractivity (Wildman–Crippen MR) is 88.2 cm³/mol. The highest BCUT2D eigenvalue weighted by Gasteiger charge is 2.38. The minimum absolute atomic E-state index is 0.185. The molecule has 112 valence electrons. The first-order valence-corrected chi connectivity index (χ1v) is 9.82. The van der Waals surface area contributed by atoms with E-state index in [4.69, 9.17) is 0 Å². The van der Waals surface area contributed by atoms with E-state index in [0.717, 1.165) is 23.7 Å².